The summed E-state index contributed by atoms with van der Waals surface area (Å²) in [5.74, 6) is -0.133. The van der Waals surface area contributed by atoms with Gasteiger partial charge in [0.05, 0.1) is 11.8 Å². The van der Waals surface area contributed by atoms with E-state index in [9.17, 15) is 9.59 Å². The van der Waals surface area contributed by atoms with Gasteiger partial charge in [-0.1, -0.05) is 65.8 Å². The monoisotopic (exact) mass is 346 g/mol. The molecule has 3 unspecified atom stereocenters. The minimum Gasteiger partial charge on any atom is -0.393 e. The van der Waals surface area contributed by atoms with Gasteiger partial charge in [0.15, 0.2) is 0 Å². The predicted octanol–water partition coefficient (Wildman–Crippen LogP) is 5.46. The van der Waals surface area contributed by atoms with Crippen molar-refractivity contribution in [3.8, 4) is 0 Å². The molecule has 3 nitrogen and oxygen atoms in total. The van der Waals surface area contributed by atoms with Crippen LogP contribution >= 0.6 is 0 Å². The first-order valence-electron chi connectivity index (χ1n) is 9.61. The Morgan fingerprint density at radius 2 is 1.88 bits per heavy atom. The molecule has 2 fully saturated rings. The van der Waals surface area contributed by atoms with Crippen LogP contribution in [0.15, 0.2) is 24.3 Å². The van der Waals surface area contributed by atoms with Gasteiger partial charge in [0, 0.05) is 0 Å². The van der Waals surface area contributed by atoms with E-state index in [1.54, 1.807) is 0 Å². The lowest BCUT2D eigenvalue weighted by atomic mass is 9.53. The van der Waals surface area contributed by atoms with Crippen molar-refractivity contribution >= 4 is 11.9 Å². The molecule has 0 aromatic rings. The van der Waals surface area contributed by atoms with Crippen LogP contribution in [0.3, 0.4) is 0 Å². The van der Waals surface area contributed by atoms with Gasteiger partial charge in [-0.05, 0) is 48.3 Å². The van der Waals surface area contributed by atoms with E-state index in [0.717, 1.165) is 25.7 Å². The average molecular weight is 347 g/mol. The zero-order valence-electron chi connectivity index (χ0n) is 16.7. The average Bonchev–Trinajstić information content (AvgIpc) is 2.73. The van der Waals surface area contributed by atoms with Crippen molar-refractivity contribution in [2.75, 3.05) is 0 Å². The number of carbonyl (C=O) groups is 2. The highest BCUT2D eigenvalue weighted by Gasteiger charge is 2.62. The molecule has 2 rings (SSSR count). The van der Waals surface area contributed by atoms with Gasteiger partial charge in [-0.3, -0.25) is 9.59 Å². The molecule has 1 heterocycles. The molecule has 3 atom stereocenters. The predicted molar refractivity (Wildman–Crippen MR) is 101 cm³/mol. The topological polar surface area (TPSA) is 43.4 Å². The summed E-state index contributed by atoms with van der Waals surface area (Å²) in [6.45, 7) is 13.4. The Labute approximate surface area is 152 Å². The van der Waals surface area contributed by atoms with E-state index < -0.39 is 5.41 Å². The molecule has 140 valence electrons. The summed E-state index contributed by atoms with van der Waals surface area (Å²) in [6, 6.07) is 0. The lowest BCUT2D eigenvalue weighted by Crippen LogP contribution is -2.49. The quantitative estimate of drug-likeness (QED) is 0.349. The first-order chi connectivity index (χ1) is 11.5. The van der Waals surface area contributed by atoms with E-state index in [1.807, 2.05) is 0 Å². The summed E-state index contributed by atoms with van der Waals surface area (Å²) in [5.41, 5.74) is -0.306. The van der Waals surface area contributed by atoms with Crippen LogP contribution in [-0.2, 0) is 14.3 Å². The molecule has 0 N–H and O–H groups in total. The highest BCUT2D eigenvalue weighted by atomic mass is 16.6. The molecular weight excluding hydrogens is 312 g/mol. The molecule has 1 aliphatic carbocycles. The Balaban J connectivity index is 2.05. The smallest absolute Gasteiger partial charge is 0.320 e. The van der Waals surface area contributed by atoms with Crippen LogP contribution in [0.4, 0.5) is 0 Å². The normalized spacial score (nSPS) is 30.5. The Morgan fingerprint density at radius 1 is 1.20 bits per heavy atom. The van der Waals surface area contributed by atoms with E-state index >= 15 is 0 Å². The van der Waals surface area contributed by atoms with Crippen LogP contribution < -0.4 is 0 Å². The molecule has 0 amide bonds. The van der Waals surface area contributed by atoms with Crippen molar-refractivity contribution in [2.45, 2.75) is 73.6 Å². The van der Waals surface area contributed by atoms with Gasteiger partial charge in [-0.15, -0.1) is 0 Å². The van der Waals surface area contributed by atoms with Crippen LogP contribution in [0, 0.1) is 28.1 Å². The van der Waals surface area contributed by atoms with E-state index in [2.05, 4.69) is 65.8 Å². The standard InChI is InChI=1S/C22H34O3/c1-7-8-9-11-20(3,4)15-21(5,6)12-10-17-16(2)13-22(17)14-18(23)25-19(22)24/h8-10,12,16-17H,7,11,13-15H2,1-6H3/b9-8+,12-10+. The highest BCUT2D eigenvalue weighted by Crippen LogP contribution is 2.57. The van der Waals surface area contributed by atoms with Crippen molar-refractivity contribution in [3.63, 3.8) is 0 Å². The lowest BCUT2D eigenvalue weighted by molar-refractivity contribution is -0.161. The Bertz CT molecular complexity index is 582. The van der Waals surface area contributed by atoms with Crippen LogP contribution in [0.1, 0.15) is 73.6 Å². The molecule has 0 radical (unpaired) electrons. The number of esters is 2. The number of hydrogen-bond donors (Lipinski definition) is 0. The first kappa shape index (κ1) is 19.9. The van der Waals surface area contributed by atoms with E-state index in [1.165, 1.54) is 0 Å². The van der Waals surface area contributed by atoms with Crippen molar-refractivity contribution < 1.29 is 14.3 Å². The van der Waals surface area contributed by atoms with E-state index in [0.29, 0.717) is 5.92 Å². The third-order valence-electron chi connectivity index (χ3n) is 5.77. The third kappa shape index (κ3) is 4.43. The van der Waals surface area contributed by atoms with Gasteiger partial charge < -0.3 is 4.74 Å². The van der Waals surface area contributed by atoms with Gasteiger partial charge in [-0.2, -0.15) is 0 Å². The zero-order valence-corrected chi connectivity index (χ0v) is 16.7. The largest absolute Gasteiger partial charge is 0.393 e. The molecule has 0 aromatic carbocycles. The molecule has 1 saturated carbocycles. The molecule has 2 aliphatic rings. The van der Waals surface area contributed by atoms with Crippen molar-refractivity contribution in [1.29, 1.82) is 0 Å². The van der Waals surface area contributed by atoms with Gasteiger partial charge in [0.25, 0.3) is 0 Å². The van der Waals surface area contributed by atoms with Gasteiger partial charge in [0.2, 0.25) is 0 Å². The van der Waals surface area contributed by atoms with E-state index in [4.69, 9.17) is 4.74 Å². The fraction of sp³-hybridized carbons (Fsp3) is 0.727. The maximum atomic E-state index is 12.2. The number of cyclic esters (lactones) is 2. The van der Waals surface area contributed by atoms with Crippen LogP contribution in [0.2, 0.25) is 0 Å². The molecule has 25 heavy (non-hydrogen) atoms. The molecule has 1 spiro atoms. The molecule has 0 aromatic heterocycles. The maximum Gasteiger partial charge on any atom is 0.320 e. The lowest BCUT2D eigenvalue weighted by Gasteiger charge is -2.47. The fourth-order valence-electron chi connectivity index (χ4n) is 4.87. The molecule has 3 heteroatoms. The Hall–Kier alpha value is -1.38. The second-order valence-corrected chi connectivity index (χ2v) is 9.57. The molecule has 1 saturated heterocycles. The number of hydrogen-bond acceptors (Lipinski definition) is 3. The van der Waals surface area contributed by atoms with Crippen molar-refractivity contribution in [1.82, 2.24) is 0 Å². The first-order valence-corrected chi connectivity index (χ1v) is 9.61. The van der Waals surface area contributed by atoms with Gasteiger partial charge in [-0.25, -0.2) is 0 Å². The second kappa shape index (κ2) is 7.09. The summed E-state index contributed by atoms with van der Waals surface area (Å²) in [4.78, 5) is 23.7. The maximum absolute atomic E-state index is 12.2. The van der Waals surface area contributed by atoms with E-state index in [-0.39, 0.29) is 35.1 Å². The number of allylic oxidation sites excluding steroid dienone is 4. The number of rotatable bonds is 7. The number of ether oxygens (including phenoxy) is 1. The SMILES string of the molecule is CC/C=C/CC(C)(C)CC(C)(C)/C=C/C1C(C)CC12CC(=O)OC2=O. The number of carbonyl (C=O) groups excluding carboxylic acids is 2. The Morgan fingerprint density at radius 3 is 2.40 bits per heavy atom. The summed E-state index contributed by atoms with van der Waals surface area (Å²) in [7, 11) is 0. The Kier molecular flexibility index (Phi) is 5.65. The van der Waals surface area contributed by atoms with Crippen LogP contribution in [0.5, 0.6) is 0 Å². The second-order valence-electron chi connectivity index (χ2n) is 9.57. The van der Waals surface area contributed by atoms with Crippen LogP contribution in [0.25, 0.3) is 0 Å². The minimum atomic E-state index is -0.581. The summed E-state index contributed by atoms with van der Waals surface area (Å²) in [5, 5.41) is 0. The summed E-state index contributed by atoms with van der Waals surface area (Å²) in [6.07, 6.45) is 13.2. The zero-order chi connectivity index (χ0) is 18.9. The minimum absolute atomic E-state index is 0.0482. The molecular formula is C22H34O3. The third-order valence-corrected chi connectivity index (χ3v) is 5.77. The highest BCUT2D eigenvalue weighted by molar-refractivity contribution is 5.98. The van der Waals surface area contributed by atoms with Crippen LogP contribution in [-0.4, -0.2) is 11.9 Å². The van der Waals surface area contributed by atoms with Crippen molar-refractivity contribution in [3.05, 3.63) is 24.3 Å². The fourth-order valence-corrected chi connectivity index (χ4v) is 4.87. The summed E-state index contributed by atoms with van der Waals surface area (Å²) < 4.78 is 4.85. The van der Waals surface area contributed by atoms with Gasteiger partial charge in [0.1, 0.15) is 0 Å². The molecule has 0 bridgehead atoms. The summed E-state index contributed by atoms with van der Waals surface area (Å²) >= 11 is 0. The van der Waals surface area contributed by atoms with Gasteiger partial charge >= 0.3 is 11.9 Å². The van der Waals surface area contributed by atoms with Crippen molar-refractivity contribution in [2.24, 2.45) is 28.1 Å². The molecule has 1 aliphatic heterocycles.